The maximum absolute atomic E-state index is 13.8. The minimum atomic E-state index is -0.836. The van der Waals surface area contributed by atoms with Crippen molar-refractivity contribution in [3.63, 3.8) is 0 Å². The van der Waals surface area contributed by atoms with Crippen molar-refractivity contribution in [2.45, 2.75) is 19.9 Å². The third-order valence-electron chi connectivity index (χ3n) is 6.21. The van der Waals surface area contributed by atoms with Gasteiger partial charge in [0, 0.05) is 22.2 Å². The molecule has 1 atom stereocenters. The van der Waals surface area contributed by atoms with Gasteiger partial charge in [0.25, 0.3) is 5.91 Å². The molecule has 1 aromatic heterocycles. The zero-order chi connectivity index (χ0) is 24.9. The van der Waals surface area contributed by atoms with Crippen LogP contribution >= 0.6 is 11.6 Å². The van der Waals surface area contributed by atoms with Crippen LogP contribution in [0.15, 0.2) is 82.5 Å². The van der Waals surface area contributed by atoms with Gasteiger partial charge in [-0.25, -0.2) is 0 Å². The highest BCUT2D eigenvalue weighted by atomic mass is 35.5. The molecule has 0 saturated heterocycles. The van der Waals surface area contributed by atoms with E-state index >= 15 is 0 Å². The number of ether oxygens (including phenoxy) is 1. The number of hydrogen-bond acceptors (Lipinski definition) is 5. The number of carbonyl (C=O) groups is 2. The van der Waals surface area contributed by atoms with Crippen molar-refractivity contribution in [2.75, 3.05) is 12.0 Å². The lowest BCUT2D eigenvalue weighted by Gasteiger charge is -2.28. The summed E-state index contributed by atoms with van der Waals surface area (Å²) in [6.45, 7) is 3.82. The molecular formula is C28H22ClNO5. The molecule has 0 aliphatic carbocycles. The molecule has 3 aromatic carbocycles. The Morgan fingerprint density at radius 1 is 1.06 bits per heavy atom. The van der Waals surface area contributed by atoms with Crippen molar-refractivity contribution >= 4 is 39.9 Å². The predicted molar refractivity (Wildman–Crippen MR) is 134 cm³/mol. The van der Waals surface area contributed by atoms with Crippen molar-refractivity contribution in [1.29, 1.82) is 0 Å². The van der Waals surface area contributed by atoms with Crippen LogP contribution in [0.25, 0.3) is 11.0 Å². The lowest BCUT2D eigenvalue weighted by Crippen LogP contribution is -2.31. The van der Waals surface area contributed by atoms with Crippen molar-refractivity contribution in [1.82, 2.24) is 0 Å². The standard InChI is InChI=1S/C28H22ClNO5/c1-15-7-6-9-19(11-15)30-24(20-10-5-4-8-16(20)2)23(26(32)28(30)33)25(31)21-13-17-12-18(29)14-22(34-3)27(17)35-21/h4-14,24,32H,1-3H3. The number of benzene rings is 3. The van der Waals surface area contributed by atoms with Gasteiger partial charge in [-0.2, -0.15) is 0 Å². The molecule has 1 amide bonds. The number of furan rings is 1. The fourth-order valence-corrected chi connectivity index (χ4v) is 4.77. The summed E-state index contributed by atoms with van der Waals surface area (Å²) in [6.07, 6.45) is 0. The Morgan fingerprint density at radius 2 is 1.83 bits per heavy atom. The topological polar surface area (TPSA) is 80.0 Å². The number of nitrogens with zero attached hydrogens (tertiary/aromatic N) is 1. The van der Waals surface area contributed by atoms with Gasteiger partial charge in [0.15, 0.2) is 22.9 Å². The second-order valence-corrected chi connectivity index (χ2v) is 8.94. The van der Waals surface area contributed by atoms with Gasteiger partial charge in [-0.1, -0.05) is 48.0 Å². The summed E-state index contributed by atoms with van der Waals surface area (Å²) in [5, 5.41) is 12.0. The molecule has 1 N–H and O–H groups in total. The molecule has 176 valence electrons. The molecule has 1 unspecified atom stereocenters. The first-order valence-corrected chi connectivity index (χ1v) is 11.4. The van der Waals surface area contributed by atoms with E-state index in [1.54, 1.807) is 24.3 Å². The van der Waals surface area contributed by atoms with Crippen LogP contribution in [0.1, 0.15) is 33.3 Å². The Bertz CT molecular complexity index is 1530. The summed E-state index contributed by atoms with van der Waals surface area (Å²) in [5.74, 6) is -1.49. The van der Waals surface area contributed by atoms with E-state index in [2.05, 4.69) is 0 Å². The summed E-state index contributed by atoms with van der Waals surface area (Å²) < 4.78 is 11.2. The van der Waals surface area contributed by atoms with Crippen molar-refractivity contribution in [3.8, 4) is 5.75 Å². The molecule has 0 radical (unpaired) electrons. The fourth-order valence-electron chi connectivity index (χ4n) is 4.55. The number of carbonyl (C=O) groups excluding carboxylic acids is 2. The van der Waals surface area contributed by atoms with Gasteiger partial charge >= 0.3 is 0 Å². The van der Waals surface area contributed by atoms with Gasteiger partial charge in [0.05, 0.1) is 18.7 Å². The van der Waals surface area contributed by atoms with Crippen LogP contribution in [0.4, 0.5) is 5.69 Å². The second kappa shape index (κ2) is 8.64. The zero-order valence-corrected chi connectivity index (χ0v) is 20.1. The van der Waals surface area contributed by atoms with Gasteiger partial charge in [0.2, 0.25) is 5.78 Å². The first-order valence-electron chi connectivity index (χ1n) is 11.0. The van der Waals surface area contributed by atoms with Crippen LogP contribution in [0, 0.1) is 13.8 Å². The smallest absolute Gasteiger partial charge is 0.294 e. The molecule has 0 saturated carbocycles. The van der Waals surface area contributed by atoms with Crippen LogP contribution in [0.3, 0.4) is 0 Å². The number of ketones is 1. The van der Waals surface area contributed by atoms with Gasteiger partial charge < -0.3 is 14.3 Å². The number of amides is 1. The summed E-state index contributed by atoms with van der Waals surface area (Å²) >= 11 is 6.17. The van der Waals surface area contributed by atoms with Crippen molar-refractivity contribution in [3.05, 3.63) is 106 Å². The Balaban J connectivity index is 1.69. The summed E-state index contributed by atoms with van der Waals surface area (Å²) in [7, 11) is 1.48. The number of aryl methyl sites for hydroxylation is 2. The molecule has 0 spiro atoms. The van der Waals surface area contributed by atoms with Gasteiger partial charge in [0.1, 0.15) is 0 Å². The molecule has 2 heterocycles. The number of halogens is 1. The Labute approximate surface area is 207 Å². The number of rotatable bonds is 5. The number of aliphatic hydroxyl groups excluding tert-OH is 1. The predicted octanol–water partition coefficient (Wildman–Crippen LogP) is 6.49. The maximum Gasteiger partial charge on any atom is 0.294 e. The van der Waals surface area contributed by atoms with E-state index in [-0.39, 0.29) is 11.3 Å². The monoisotopic (exact) mass is 487 g/mol. The molecule has 1 aliphatic rings. The SMILES string of the molecule is COc1cc(Cl)cc2cc(C(=O)C3=C(O)C(=O)N(c4cccc(C)c4)C3c3ccccc3C)oc12. The molecule has 35 heavy (non-hydrogen) atoms. The van der Waals surface area contributed by atoms with E-state index in [1.807, 2.05) is 56.3 Å². The lowest BCUT2D eigenvalue weighted by atomic mass is 9.92. The number of anilines is 1. The van der Waals surface area contributed by atoms with E-state index in [1.165, 1.54) is 12.0 Å². The van der Waals surface area contributed by atoms with Crippen LogP contribution in [-0.2, 0) is 4.79 Å². The van der Waals surface area contributed by atoms with Crippen molar-refractivity contribution < 1.29 is 23.8 Å². The minimum absolute atomic E-state index is 0.0282. The highest BCUT2D eigenvalue weighted by Crippen LogP contribution is 2.44. The van der Waals surface area contributed by atoms with Crippen LogP contribution < -0.4 is 9.64 Å². The third kappa shape index (κ3) is 3.76. The fraction of sp³-hybridized carbons (Fsp3) is 0.143. The second-order valence-electron chi connectivity index (χ2n) is 8.50. The molecule has 4 aromatic rings. The first-order chi connectivity index (χ1) is 16.8. The molecule has 1 aliphatic heterocycles. The van der Waals surface area contributed by atoms with Crippen molar-refractivity contribution in [2.24, 2.45) is 0 Å². The van der Waals surface area contributed by atoms with Gasteiger partial charge in [-0.3, -0.25) is 14.5 Å². The highest BCUT2D eigenvalue weighted by Gasteiger charge is 2.45. The Hall–Kier alpha value is -4.03. The quantitative estimate of drug-likeness (QED) is 0.325. The third-order valence-corrected chi connectivity index (χ3v) is 6.42. The van der Waals surface area contributed by atoms with Crippen LogP contribution in [0.2, 0.25) is 5.02 Å². The normalized spacial score (nSPS) is 15.8. The average molecular weight is 488 g/mol. The highest BCUT2D eigenvalue weighted by molar-refractivity contribution is 6.31. The Kier molecular flexibility index (Phi) is 5.61. The van der Waals surface area contributed by atoms with E-state index in [4.69, 9.17) is 20.8 Å². The molecule has 7 heteroatoms. The summed E-state index contributed by atoms with van der Waals surface area (Å²) in [5.41, 5.74) is 3.44. The summed E-state index contributed by atoms with van der Waals surface area (Å²) in [6, 6.07) is 18.8. The van der Waals surface area contributed by atoms with E-state index in [9.17, 15) is 14.7 Å². The number of methoxy groups -OCH3 is 1. The van der Waals surface area contributed by atoms with Gasteiger partial charge in [-0.05, 0) is 54.8 Å². The molecular weight excluding hydrogens is 466 g/mol. The number of aliphatic hydroxyl groups is 1. The minimum Gasteiger partial charge on any atom is -0.503 e. The molecule has 0 bridgehead atoms. The Morgan fingerprint density at radius 3 is 2.54 bits per heavy atom. The lowest BCUT2D eigenvalue weighted by molar-refractivity contribution is -0.117. The van der Waals surface area contributed by atoms with Crippen LogP contribution in [-0.4, -0.2) is 23.9 Å². The zero-order valence-electron chi connectivity index (χ0n) is 19.3. The van der Waals surface area contributed by atoms with E-state index < -0.39 is 23.5 Å². The first kappa shape index (κ1) is 22.7. The summed E-state index contributed by atoms with van der Waals surface area (Å²) in [4.78, 5) is 28.7. The number of Topliss-reactive ketones (excluding diaryl/α,β-unsaturated/α-hetero) is 1. The maximum atomic E-state index is 13.8. The number of fused-ring (bicyclic) bond motifs is 1. The largest absolute Gasteiger partial charge is 0.503 e. The van der Waals surface area contributed by atoms with E-state index in [0.29, 0.717) is 27.4 Å². The van der Waals surface area contributed by atoms with Gasteiger partial charge in [-0.15, -0.1) is 0 Å². The molecule has 0 fully saturated rings. The van der Waals surface area contributed by atoms with Crippen LogP contribution in [0.5, 0.6) is 5.75 Å². The molecule has 6 nitrogen and oxygen atoms in total. The molecule has 5 rings (SSSR count). The average Bonchev–Trinajstić information content (AvgIpc) is 3.37. The van der Waals surface area contributed by atoms with E-state index in [0.717, 1.165) is 16.7 Å². The number of hydrogen-bond donors (Lipinski definition) is 1.